The number of nitrogens with one attached hydrogen (secondary N) is 2. The molecule has 2 rings (SSSR count). The number of aryl methyl sites for hydroxylation is 1. The van der Waals surface area contributed by atoms with Gasteiger partial charge in [0.15, 0.2) is 5.96 Å². The summed E-state index contributed by atoms with van der Waals surface area (Å²) in [5.41, 5.74) is 0. The predicted octanol–water partition coefficient (Wildman–Crippen LogP) is 0.928. The fourth-order valence-corrected chi connectivity index (χ4v) is 5.61. The van der Waals surface area contributed by atoms with Gasteiger partial charge in [0.05, 0.1) is 17.3 Å². The van der Waals surface area contributed by atoms with Crippen LogP contribution in [0.2, 0.25) is 0 Å². The second-order valence-electron chi connectivity index (χ2n) is 5.63. The lowest BCUT2D eigenvalue weighted by Crippen LogP contribution is -2.41. The summed E-state index contributed by atoms with van der Waals surface area (Å²) < 4.78 is 26.2. The third kappa shape index (κ3) is 7.12. The van der Waals surface area contributed by atoms with Crippen molar-refractivity contribution < 1.29 is 8.42 Å². The molecule has 25 heavy (non-hydrogen) atoms. The summed E-state index contributed by atoms with van der Waals surface area (Å²) in [5, 5.41) is 7.48. The van der Waals surface area contributed by atoms with Crippen molar-refractivity contribution in [1.82, 2.24) is 19.9 Å². The van der Waals surface area contributed by atoms with Crippen LogP contribution >= 0.6 is 23.1 Å². The van der Waals surface area contributed by atoms with Crippen molar-refractivity contribution in [3.05, 3.63) is 16.1 Å². The average molecular weight is 406 g/mol. The van der Waals surface area contributed by atoms with Crippen molar-refractivity contribution in [3.63, 3.8) is 0 Å². The van der Waals surface area contributed by atoms with Gasteiger partial charge >= 0.3 is 0 Å². The average Bonchev–Trinajstić information content (AvgIpc) is 3.01. The molecule has 0 atom stereocenters. The Hall–Kier alpha value is -0.840. The van der Waals surface area contributed by atoms with Crippen molar-refractivity contribution >= 4 is 39.1 Å². The highest BCUT2D eigenvalue weighted by Gasteiger charge is 2.23. The summed E-state index contributed by atoms with van der Waals surface area (Å²) in [7, 11) is -3.21. The summed E-state index contributed by atoms with van der Waals surface area (Å²) in [6, 6.07) is 0. The van der Waals surface area contributed by atoms with E-state index in [1.54, 1.807) is 27.4 Å². The van der Waals surface area contributed by atoms with Gasteiger partial charge in [-0.1, -0.05) is 0 Å². The minimum Gasteiger partial charge on any atom is -0.357 e. The number of hydrogen-bond donors (Lipinski definition) is 2. The lowest BCUT2D eigenvalue weighted by Gasteiger charge is -2.25. The number of aliphatic imine (C=N–C) groups is 1. The Morgan fingerprint density at radius 1 is 1.36 bits per heavy atom. The molecule has 10 heteroatoms. The maximum Gasteiger partial charge on any atom is 0.215 e. The van der Waals surface area contributed by atoms with Crippen LogP contribution < -0.4 is 10.6 Å². The Morgan fingerprint density at radius 2 is 2.12 bits per heavy atom. The van der Waals surface area contributed by atoms with Crippen LogP contribution in [-0.4, -0.2) is 73.6 Å². The summed E-state index contributed by atoms with van der Waals surface area (Å²) in [6.07, 6.45) is 2.70. The normalized spacial score (nSPS) is 16.8. The third-order valence-corrected chi connectivity index (χ3v) is 7.39. The van der Waals surface area contributed by atoms with E-state index in [9.17, 15) is 8.42 Å². The number of sulfonamides is 1. The first-order valence-electron chi connectivity index (χ1n) is 8.50. The second kappa shape index (κ2) is 10.3. The Bertz CT molecular complexity index is 654. The molecule has 0 amide bonds. The minimum absolute atomic E-state index is 0.0555. The Kier molecular flexibility index (Phi) is 8.47. The van der Waals surface area contributed by atoms with Crippen LogP contribution in [0, 0.1) is 6.92 Å². The summed E-state index contributed by atoms with van der Waals surface area (Å²) >= 11 is 3.49. The standard InChI is InChI=1S/C15H27N5O2S3/c1-3-16-15(17-5-4-14-19-12-13(2)24-14)18-6-11-25(21,22)20-7-9-23-10-8-20/h12H,3-11H2,1-2H3,(H2,16,17,18). The fourth-order valence-electron chi connectivity index (χ4n) is 2.37. The second-order valence-corrected chi connectivity index (χ2v) is 10.3. The van der Waals surface area contributed by atoms with Crippen LogP contribution in [0.4, 0.5) is 0 Å². The smallest absolute Gasteiger partial charge is 0.215 e. The zero-order valence-corrected chi connectivity index (χ0v) is 17.3. The molecule has 2 heterocycles. The Labute approximate surface area is 158 Å². The SMILES string of the molecule is CCNC(=NCCS(=O)(=O)N1CCSCC1)NCCc1ncc(C)s1. The van der Waals surface area contributed by atoms with E-state index < -0.39 is 10.0 Å². The number of nitrogens with zero attached hydrogens (tertiary/aromatic N) is 3. The first-order chi connectivity index (χ1) is 12.0. The summed E-state index contributed by atoms with van der Waals surface area (Å²) in [6.45, 7) is 6.97. The molecule has 0 unspecified atom stereocenters. The highest BCUT2D eigenvalue weighted by atomic mass is 32.2. The minimum atomic E-state index is -3.21. The van der Waals surface area contributed by atoms with Gasteiger partial charge in [0.25, 0.3) is 0 Å². The number of aromatic nitrogens is 1. The lowest BCUT2D eigenvalue weighted by molar-refractivity contribution is 0.444. The maximum atomic E-state index is 12.3. The Morgan fingerprint density at radius 3 is 2.76 bits per heavy atom. The van der Waals surface area contributed by atoms with Crippen LogP contribution in [-0.2, 0) is 16.4 Å². The van der Waals surface area contributed by atoms with E-state index in [0.717, 1.165) is 36.0 Å². The Balaban J connectivity index is 1.79. The van der Waals surface area contributed by atoms with Crippen LogP contribution in [0.1, 0.15) is 16.8 Å². The van der Waals surface area contributed by atoms with Gasteiger partial charge in [-0.3, -0.25) is 4.99 Å². The van der Waals surface area contributed by atoms with Gasteiger partial charge in [0.1, 0.15) is 0 Å². The van der Waals surface area contributed by atoms with E-state index in [4.69, 9.17) is 0 Å². The lowest BCUT2D eigenvalue weighted by atomic mass is 10.4. The molecule has 0 radical (unpaired) electrons. The van der Waals surface area contributed by atoms with Crippen LogP contribution in [0.15, 0.2) is 11.2 Å². The zero-order chi connectivity index (χ0) is 18.1. The number of rotatable bonds is 8. The molecule has 1 aromatic heterocycles. The van der Waals surface area contributed by atoms with E-state index in [-0.39, 0.29) is 12.3 Å². The van der Waals surface area contributed by atoms with Crippen LogP contribution in [0.3, 0.4) is 0 Å². The molecule has 0 spiro atoms. The molecular formula is C15H27N5O2S3. The van der Waals surface area contributed by atoms with E-state index in [1.165, 1.54) is 4.88 Å². The molecule has 0 aliphatic carbocycles. The van der Waals surface area contributed by atoms with Gasteiger partial charge < -0.3 is 10.6 Å². The van der Waals surface area contributed by atoms with Gasteiger partial charge in [0.2, 0.25) is 10.0 Å². The highest BCUT2D eigenvalue weighted by molar-refractivity contribution is 7.99. The molecule has 7 nitrogen and oxygen atoms in total. The molecule has 1 aromatic rings. The van der Waals surface area contributed by atoms with Crippen molar-refractivity contribution in [2.75, 3.05) is 50.0 Å². The molecule has 1 fully saturated rings. The molecule has 2 N–H and O–H groups in total. The molecule has 142 valence electrons. The zero-order valence-electron chi connectivity index (χ0n) is 14.8. The molecule has 0 saturated carbocycles. The van der Waals surface area contributed by atoms with Gasteiger partial charge in [-0.05, 0) is 13.8 Å². The van der Waals surface area contributed by atoms with Crippen molar-refractivity contribution in [3.8, 4) is 0 Å². The third-order valence-electron chi connectivity index (χ3n) is 3.63. The van der Waals surface area contributed by atoms with Gasteiger partial charge in [-0.25, -0.2) is 17.7 Å². The molecule has 0 aromatic carbocycles. The number of thioether (sulfide) groups is 1. The molecule has 1 saturated heterocycles. The van der Waals surface area contributed by atoms with E-state index >= 15 is 0 Å². The van der Waals surface area contributed by atoms with E-state index in [1.807, 2.05) is 20.0 Å². The number of thiazole rings is 1. The number of hydrogen-bond acceptors (Lipinski definition) is 6. The van der Waals surface area contributed by atoms with Crippen LogP contribution in [0.5, 0.6) is 0 Å². The van der Waals surface area contributed by atoms with Gasteiger partial charge in [-0.15, -0.1) is 11.3 Å². The van der Waals surface area contributed by atoms with Crippen molar-refractivity contribution in [2.24, 2.45) is 4.99 Å². The van der Waals surface area contributed by atoms with Crippen LogP contribution in [0.25, 0.3) is 0 Å². The maximum absolute atomic E-state index is 12.3. The quantitative estimate of drug-likeness (QED) is 0.494. The topological polar surface area (TPSA) is 86.7 Å². The van der Waals surface area contributed by atoms with Gasteiger partial charge in [-0.2, -0.15) is 11.8 Å². The first kappa shape index (κ1) is 20.5. The predicted molar refractivity (Wildman–Crippen MR) is 107 cm³/mol. The summed E-state index contributed by atoms with van der Waals surface area (Å²) in [4.78, 5) is 9.94. The first-order valence-corrected chi connectivity index (χ1v) is 12.1. The number of guanidine groups is 1. The largest absolute Gasteiger partial charge is 0.357 e. The van der Waals surface area contributed by atoms with Crippen molar-refractivity contribution in [2.45, 2.75) is 20.3 Å². The van der Waals surface area contributed by atoms with Crippen molar-refractivity contribution in [1.29, 1.82) is 0 Å². The van der Waals surface area contributed by atoms with E-state index in [0.29, 0.717) is 19.0 Å². The molecule has 1 aliphatic heterocycles. The summed E-state index contributed by atoms with van der Waals surface area (Å²) in [5.74, 6) is 2.46. The van der Waals surface area contributed by atoms with Gasteiger partial charge in [0, 0.05) is 55.2 Å². The van der Waals surface area contributed by atoms with E-state index in [2.05, 4.69) is 20.6 Å². The highest BCUT2D eigenvalue weighted by Crippen LogP contribution is 2.13. The molecule has 1 aliphatic rings. The fraction of sp³-hybridized carbons (Fsp3) is 0.733. The molecule has 0 bridgehead atoms. The monoisotopic (exact) mass is 405 g/mol. The molecular weight excluding hydrogens is 378 g/mol.